The van der Waals surface area contributed by atoms with Crippen molar-refractivity contribution in [3.05, 3.63) is 17.0 Å². The summed E-state index contributed by atoms with van der Waals surface area (Å²) in [6.07, 6.45) is 1.99. The maximum Gasteiger partial charge on any atom is 0.324 e. The fourth-order valence-corrected chi connectivity index (χ4v) is 5.40. The van der Waals surface area contributed by atoms with Gasteiger partial charge in [0, 0.05) is 6.54 Å². The van der Waals surface area contributed by atoms with Gasteiger partial charge in [-0.3, -0.25) is 4.79 Å². The zero-order valence-electron chi connectivity index (χ0n) is 11.4. The van der Waals surface area contributed by atoms with E-state index >= 15 is 0 Å². The highest BCUT2D eigenvalue weighted by Crippen LogP contribution is 2.30. The zero-order valence-corrected chi connectivity index (χ0v) is 13.9. The smallest absolute Gasteiger partial charge is 0.324 e. The first-order chi connectivity index (χ1) is 9.87. The largest absolute Gasteiger partial charge is 0.468 e. The molecule has 0 aliphatic carbocycles. The van der Waals surface area contributed by atoms with Crippen molar-refractivity contribution in [1.82, 2.24) is 4.31 Å². The van der Waals surface area contributed by atoms with Gasteiger partial charge >= 0.3 is 5.97 Å². The predicted octanol–water partition coefficient (Wildman–Crippen LogP) is 1.10. The van der Waals surface area contributed by atoms with Crippen LogP contribution in [0.4, 0.5) is 0 Å². The van der Waals surface area contributed by atoms with Crippen LogP contribution in [-0.2, 0) is 19.6 Å². The van der Waals surface area contributed by atoms with Crippen molar-refractivity contribution in [2.75, 3.05) is 13.7 Å². The van der Waals surface area contributed by atoms with Crippen LogP contribution in [0, 0.1) is 0 Å². The number of methoxy groups -OCH3 is 1. The number of rotatable bonds is 4. The highest BCUT2D eigenvalue weighted by Gasteiger charge is 2.38. The Morgan fingerprint density at radius 3 is 2.76 bits per heavy atom. The molecule has 1 atom stereocenters. The first-order valence-corrected chi connectivity index (χ1v) is 9.03. The van der Waals surface area contributed by atoms with Crippen molar-refractivity contribution in [2.24, 2.45) is 5.73 Å². The third-order valence-corrected chi connectivity index (χ3v) is 7.16. The van der Waals surface area contributed by atoms with E-state index in [1.807, 2.05) is 0 Å². The second kappa shape index (κ2) is 6.39. The van der Waals surface area contributed by atoms with Crippen LogP contribution in [0.15, 0.2) is 16.3 Å². The molecule has 1 aromatic heterocycles. The number of thiophene rings is 1. The number of piperidine rings is 1. The molecule has 0 saturated carbocycles. The van der Waals surface area contributed by atoms with E-state index in [1.165, 1.54) is 17.5 Å². The summed E-state index contributed by atoms with van der Waals surface area (Å²) in [6, 6.07) is 2.29. The summed E-state index contributed by atoms with van der Waals surface area (Å²) in [7, 11) is -2.48. The SMILES string of the molecule is COC(=O)C1CCCCN1S(=O)(=O)c1ccc(C(N)=S)s1. The molecule has 0 aromatic carbocycles. The molecule has 1 unspecified atom stereocenters. The monoisotopic (exact) mass is 348 g/mol. The summed E-state index contributed by atoms with van der Waals surface area (Å²) in [5.74, 6) is -0.524. The minimum atomic E-state index is -3.74. The maximum absolute atomic E-state index is 12.7. The van der Waals surface area contributed by atoms with Gasteiger partial charge < -0.3 is 10.5 Å². The van der Waals surface area contributed by atoms with Crippen LogP contribution in [0.5, 0.6) is 0 Å². The Labute approximate surface area is 132 Å². The van der Waals surface area contributed by atoms with E-state index in [4.69, 9.17) is 22.7 Å². The average Bonchev–Trinajstić information content (AvgIpc) is 2.97. The summed E-state index contributed by atoms with van der Waals surface area (Å²) in [4.78, 5) is 12.5. The lowest BCUT2D eigenvalue weighted by molar-refractivity contribution is -0.146. The van der Waals surface area contributed by atoms with Crippen LogP contribution in [0.2, 0.25) is 0 Å². The second-order valence-corrected chi connectivity index (χ2v) is 8.27. The summed E-state index contributed by atoms with van der Waals surface area (Å²) >= 11 is 5.86. The number of thiocarbonyl (C=S) groups is 1. The van der Waals surface area contributed by atoms with E-state index in [9.17, 15) is 13.2 Å². The van der Waals surface area contributed by atoms with Gasteiger partial charge in [-0.25, -0.2) is 8.42 Å². The van der Waals surface area contributed by atoms with Crippen LogP contribution in [0.3, 0.4) is 0 Å². The maximum atomic E-state index is 12.7. The molecule has 1 aromatic rings. The van der Waals surface area contributed by atoms with Crippen molar-refractivity contribution < 1.29 is 17.9 Å². The third kappa shape index (κ3) is 3.25. The van der Waals surface area contributed by atoms with Gasteiger partial charge in [0.1, 0.15) is 15.2 Å². The Balaban J connectivity index is 2.35. The Morgan fingerprint density at radius 1 is 1.48 bits per heavy atom. The molecule has 0 radical (unpaired) electrons. The predicted molar refractivity (Wildman–Crippen MR) is 83.8 cm³/mol. The summed E-state index contributed by atoms with van der Waals surface area (Å²) in [6.45, 7) is 0.308. The second-order valence-electron chi connectivity index (χ2n) is 4.63. The molecule has 2 N–H and O–H groups in total. The Kier molecular flexibility index (Phi) is 4.97. The fraction of sp³-hybridized carbons (Fsp3) is 0.500. The lowest BCUT2D eigenvalue weighted by Crippen LogP contribution is -2.48. The van der Waals surface area contributed by atoms with Crippen LogP contribution >= 0.6 is 23.6 Å². The molecular weight excluding hydrogens is 332 g/mol. The number of hydrogen-bond donors (Lipinski definition) is 1. The lowest BCUT2D eigenvalue weighted by Gasteiger charge is -2.32. The van der Waals surface area contributed by atoms with Crippen LogP contribution in [0.25, 0.3) is 0 Å². The number of sulfonamides is 1. The van der Waals surface area contributed by atoms with Crippen molar-refractivity contribution in [1.29, 1.82) is 0 Å². The van der Waals surface area contributed by atoms with Crippen molar-refractivity contribution in [2.45, 2.75) is 29.5 Å². The number of nitrogens with zero attached hydrogens (tertiary/aromatic N) is 1. The molecule has 2 heterocycles. The molecule has 0 bridgehead atoms. The normalized spacial score (nSPS) is 20.1. The number of carbonyl (C=O) groups is 1. The van der Waals surface area contributed by atoms with E-state index in [0.29, 0.717) is 17.8 Å². The number of nitrogens with two attached hydrogens (primary N) is 1. The van der Waals surface area contributed by atoms with Gasteiger partial charge in [0.2, 0.25) is 0 Å². The van der Waals surface area contributed by atoms with Gasteiger partial charge in [-0.2, -0.15) is 4.31 Å². The van der Waals surface area contributed by atoms with E-state index < -0.39 is 22.0 Å². The van der Waals surface area contributed by atoms with E-state index in [0.717, 1.165) is 24.2 Å². The fourth-order valence-electron chi connectivity index (χ4n) is 2.27. The first-order valence-electron chi connectivity index (χ1n) is 6.37. The Hall–Kier alpha value is -1.03. The molecular formula is C12H16N2O4S3. The van der Waals surface area contributed by atoms with Crippen LogP contribution in [-0.4, -0.2) is 43.4 Å². The number of esters is 1. The lowest BCUT2D eigenvalue weighted by atomic mass is 10.1. The molecule has 0 amide bonds. The van der Waals surface area contributed by atoms with Gasteiger partial charge in [0.15, 0.2) is 0 Å². The van der Waals surface area contributed by atoms with Crippen molar-refractivity contribution in [3.63, 3.8) is 0 Å². The highest BCUT2D eigenvalue weighted by atomic mass is 32.2. The van der Waals surface area contributed by atoms with Gasteiger partial charge in [-0.15, -0.1) is 11.3 Å². The number of ether oxygens (including phenoxy) is 1. The molecule has 6 nitrogen and oxygen atoms in total. The molecule has 1 aliphatic rings. The minimum Gasteiger partial charge on any atom is -0.468 e. The molecule has 0 spiro atoms. The highest BCUT2D eigenvalue weighted by molar-refractivity contribution is 7.91. The standard InChI is InChI=1S/C12H16N2O4S3/c1-18-12(15)8-4-2-3-7-14(8)21(16,17)10-6-5-9(20-10)11(13)19/h5-6,8H,2-4,7H2,1H3,(H2,13,19). The molecule has 9 heteroatoms. The average molecular weight is 348 g/mol. The van der Waals surface area contributed by atoms with Gasteiger partial charge in [-0.1, -0.05) is 12.2 Å². The molecule has 1 fully saturated rings. The summed E-state index contributed by atoms with van der Waals surface area (Å²) < 4.78 is 31.5. The van der Waals surface area contributed by atoms with Gasteiger partial charge in [0.25, 0.3) is 10.0 Å². The Bertz CT molecular complexity index is 653. The van der Waals surface area contributed by atoms with Crippen molar-refractivity contribution in [3.8, 4) is 0 Å². The first kappa shape index (κ1) is 16.3. The van der Waals surface area contributed by atoms with E-state index in [2.05, 4.69) is 0 Å². The number of carbonyl (C=O) groups excluding carboxylic acids is 1. The molecule has 116 valence electrons. The van der Waals surface area contributed by atoms with Crippen molar-refractivity contribution >= 4 is 44.5 Å². The molecule has 1 saturated heterocycles. The topological polar surface area (TPSA) is 89.7 Å². The molecule has 1 aliphatic heterocycles. The van der Waals surface area contributed by atoms with Gasteiger partial charge in [-0.05, 0) is 31.4 Å². The zero-order chi connectivity index (χ0) is 15.6. The number of hydrogen-bond acceptors (Lipinski definition) is 6. The third-order valence-electron chi connectivity index (χ3n) is 3.31. The van der Waals surface area contributed by atoms with E-state index in [-0.39, 0.29) is 9.20 Å². The minimum absolute atomic E-state index is 0.140. The summed E-state index contributed by atoms with van der Waals surface area (Å²) in [5.41, 5.74) is 5.51. The quantitative estimate of drug-likeness (QED) is 0.647. The van der Waals surface area contributed by atoms with Gasteiger partial charge in [0.05, 0.1) is 12.0 Å². The molecule has 21 heavy (non-hydrogen) atoms. The van der Waals surface area contributed by atoms with Crippen LogP contribution < -0.4 is 5.73 Å². The van der Waals surface area contributed by atoms with E-state index in [1.54, 1.807) is 6.07 Å². The van der Waals surface area contributed by atoms with Crippen LogP contribution in [0.1, 0.15) is 24.1 Å². The summed E-state index contributed by atoms with van der Waals surface area (Å²) in [5, 5.41) is 0. The molecule has 2 rings (SSSR count). The Morgan fingerprint density at radius 2 is 2.19 bits per heavy atom.